The molecule has 0 amide bonds. The summed E-state index contributed by atoms with van der Waals surface area (Å²) < 4.78 is 3.19. The van der Waals surface area contributed by atoms with Crippen molar-refractivity contribution in [2.24, 2.45) is 0 Å². The number of aryl methyl sites for hydroxylation is 1. The molecule has 0 unspecified atom stereocenters. The maximum absolute atomic E-state index is 4.62. The van der Waals surface area contributed by atoms with E-state index < -0.39 is 0 Å². The van der Waals surface area contributed by atoms with Crippen molar-refractivity contribution in [1.82, 2.24) is 19.9 Å². The summed E-state index contributed by atoms with van der Waals surface area (Å²) in [5.74, 6) is 1.00. The molecular formula is C15H19BrN4. The molecule has 0 radical (unpaired) electrons. The largest absolute Gasteiger partial charge is 0.313 e. The van der Waals surface area contributed by atoms with Crippen LogP contribution in [0.3, 0.4) is 0 Å². The lowest BCUT2D eigenvalue weighted by Gasteiger charge is -2.16. The molecule has 0 bridgehead atoms. The van der Waals surface area contributed by atoms with E-state index in [1.807, 2.05) is 12.5 Å². The van der Waals surface area contributed by atoms with Gasteiger partial charge in [0.05, 0.1) is 5.69 Å². The number of halogens is 1. The van der Waals surface area contributed by atoms with E-state index in [2.05, 4.69) is 48.8 Å². The summed E-state index contributed by atoms with van der Waals surface area (Å²) in [7, 11) is 0. The molecule has 0 atom stereocenters. The predicted molar refractivity (Wildman–Crippen MR) is 83.1 cm³/mol. The topological polar surface area (TPSA) is 42.7 Å². The van der Waals surface area contributed by atoms with Crippen LogP contribution in [0.15, 0.2) is 23.1 Å². The van der Waals surface area contributed by atoms with Crippen molar-refractivity contribution in [2.45, 2.75) is 39.2 Å². The first-order valence-corrected chi connectivity index (χ1v) is 7.99. The van der Waals surface area contributed by atoms with Crippen LogP contribution in [0, 0.1) is 0 Å². The van der Waals surface area contributed by atoms with Crippen LogP contribution in [0.4, 0.5) is 0 Å². The summed E-state index contributed by atoms with van der Waals surface area (Å²) >= 11 is 3.51. The Hall–Kier alpha value is -1.20. The number of aromatic nitrogens is 3. The molecule has 2 aromatic heterocycles. The van der Waals surface area contributed by atoms with Crippen LogP contribution in [-0.4, -0.2) is 21.1 Å². The van der Waals surface area contributed by atoms with Crippen molar-refractivity contribution in [3.63, 3.8) is 0 Å². The summed E-state index contributed by atoms with van der Waals surface area (Å²) in [6.45, 7) is 3.89. The Bertz CT molecular complexity index is 606. The van der Waals surface area contributed by atoms with E-state index in [0.29, 0.717) is 0 Å². The summed E-state index contributed by atoms with van der Waals surface area (Å²) in [6, 6.07) is 2.14. The smallest absolute Gasteiger partial charge is 0.142 e. The molecule has 1 aliphatic rings. The Labute approximate surface area is 127 Å². The van der Waals surface area contributed by atoms with Gasteiger partial charge in [0.15, 0.2) is 0 Å². The predicted octanol–water partition coefficient (Wildman–Crippen LogP) is 3.02. The highest BCUT2D eigenvalue weighted by Gasteiger charge is 2.18. The highest BCUT2D eigenvalue weighted by atomic mass is 79.9. The van der Waals surface area contributed by atoms with Gasteiger partial charge in [-0.3, -0.25) is 4.57 Å². The van der Waals surface area contributed by atoms with E-state index in [4.69, 9.17) is 0 Å². The first-order chi connectivity index (χ1) is 9.79. The number of hydrogen-bond acceptors (Lipinski definition) is 3. The normalized spacial score (nSPS) is 14.3. The van der Waals surface area contributed by atoms with Gasteiger partial charge in [-0.05, 0) is 54.2 Å². The van der Waals surface area contributed by atoms with E-state index in [1.165, 1.54) is 29.8 Å². The van der Waals surface area contributed by atoms with Crippen molar-refractivity contribution in [2.75, 3.05) is 6.54 Å². The molecule has 106 valence electrons. The molecule has 1 N–H and O–H groups in total. The van der Waals surface area contributed by atoms with Gasteiger partial charge in [-0.25, -0.2) is 9.97 Å². The molecule has 1 aliphatic carbocycles. The molecule has 0 aliphatic heterocycles. The first kappa shape index (κ1) is 13.8. The molecule has 0 fully saturated rings. The Morgan fingerprint density at radius 1 is 1.30 bits per heavy atom. The van der Waals surface area contributed by atoms with E-state index in [-0.39, 0.29) is 0 Å². The van der Waals surface area contributed by atoms with E-state index in [0.717, 1.165) is 36.2 Å². The third kappa shape index (κ3) is 2.65. The van der Waals surface area contributed by atoms with Gasteiger partial charge in [0.2, 0.25) is 0 Å². The molecule has 0 saturated carbocycles. The van der Waals surface area contributed by atoms with Crippen molar-refractivity contribution < 1.29 is 0 Å². The lowest BCUT2D eigenvalue weighted by Crippen LogP contribution is -2.16. The second-order valence-electron chi connectivity index (χ2n) is 5.13. The van der Waals surface area contributed by atoms with Gasteiger partial charge >= 0.3 is 0 Å². The fourth-order valence-electron chi connectivity index (χ4n) is 2.73. The van der Waals surface area contributed by atoms with Crippen LogP contribution in [-0.2, 0) is 19.4 Å². The minimum Gasteiger partial charge on any atom is -0.313 e. The van der Waals surface area contributed by atoms with Gasteiger partial charge in [0.1, 0.15) is 12.1 Å². The molecule has 2 aromatic rings. The fraction of sp³-hybridized carbons (Fsp3) is 0.467. The molecule has 4 nitrogen and oxygen atoms in total. The number of fused-ring (bicyclic) bond motifs is 1. The number of imidazole rings is 1. The molecule has 3 rings (SSSR count). The molecule has 0 spiro atoms. The Kier molecular flexibility index (Phi) is 4.17. The third-order valence-electron chi connectivity index (χ3n) is 3.73. The fourth-order valence-corrected chi connectivity index (χ4v) is 3.11. The maximum Gasteiger partial charge on any atom is 0.142 e. The van der Waals surface area contributed by atoms with Crippen molar-refractivity contribution >= 4 is 15.9 Å². The Morgan fingerprint density at radius 2 is 2.15 bits per heavy atom. The van der Waals surface area contributed by atoms with E-state index >= 15 is 0 Å². The zero-order valence-corrected chi connectivity index (χ0v) is 13.3. The van der Waals surface area contributed by atoms with Crippen LogP contribution in [0.5, 0.6) is 0 Å². The van der Waals surface area contributed by atoms with Crippen LogP contribution in [0.25, 0.3) is 5.82 Å². The van der Waals surface area contributed by atoms with Gasteiger partial charge in [0, 0.05) is 28.5 Å². The second kappa shape index (κ2) is 6.06. The van der Waals surface area contributed by atoms with Crippen LogP contribution < -0.4 is 5.32 Å². The van der Waals surface area contributed by atoms with Crippen LogP contribution in [0.1, 0.15) is 36.7 Å². The van der Waals surface area contributed by atoms with Gasteiger partial charge in [-0.1, -0.05) is 6.92 Å². The van der Waals surface area contributed by atoms with Gasteiger partial charge in [-0.2, -0.15) is 0 Å². The zero-order valence-electron chi connectivity index (χ0n) is 11.7. The summed E-state index contributed by atoms with van der Waals surface area (Å²) in [4.78, 5) is 9.19. The molecule has 20 heavy (non-hydrogen) atoms. The average molecular weight is 335 g/mol. The van der Waals surface area contributed by atoms with Crippen LogP contribution >= 0.6 is 15.9 Å². The molecule has 5 heteroatoms. The first-order valence-electron chi connectivity index (χ1n) is 7.20. The monoisotopic (exact) mass is 334 g/mol. The quantitative estimate of drug-likeness (QED) is 0.934. The minimum absolute atomic E-state index is 0.825. The number of nitrogens with zero attached hydrogens (tertiary/aromatic N) is 3. The molecule has 2 heterocycles. The lowest BCUT2D eigenvalue weighted by molar-refractivity contribution is 0.651. The van der Waals surface area contributed by atoms with Crippen molar-refractivity contribution in [1.29, 1.82) is 0 Å². The number of hydrogen-bond donors (Lipinski definition) is 1. The summed E-state index contributed by atoms with van der Waals surface area (Å²) in [5, 5.41) is 3.38. The lowest BCUT2D eigenvalue weighted by atomic mass is 10.0. The van der Waals surface area contributed by atoms with Crippen molar-refractivity contribution in [3.8, 4) is 5.82 Å². The minimum atomic E-state index is 0.825. The number of nitrogens with one attached hydrogen (secondary N) is 1. The third-order valence-corrected chi connectivity index (χ3v) is 4.17. The van der Waals surface area contributed by atoms with E-state index in [1.54, 1.807) is 0 Å². The number of pyridine rings is 1. The summed E-state index contributed by atoms with van der Waals surface area (Å²) in [6.07, 6.45) is 8.50. The summed E-state index contributed by atoms with van der Waals surface area (Å²) in [5.41, 5.74) is 3.78. The Morgan fingerprint density at radius 3 is 3.00 bits per heavy atom. The van der Waals surface area contributed by atoms with Gasteiger partial charge in [0.25, 0.3) is 0 Å². The standard InChI is InChI=1S/C15H19BrN4/c1-2-17-8-11-7-12(16)9-18-15(11)20-10-19-13-5-3-4-6-14(13)20/h7,9-10,17H,2-6,8H2,1H3. The maximum atomic E-state index is 4.62. The average Bonchev–Trinajstić information content (AvgIpc) is 2.89. The SMILES string of the molecule is CCNCc1cc(Br)cnc1-n1cnc2c1CCCC2. The highest BCUT2D eigenvalue weighted by Crippen LogP contribution is 2.25. The van der Waals surface area contributed by atoms with Crippen LogP contribution in [0.2, 0.25) is 0 Å². The highest BCUT2D eigenvalue weighted by molar-refractivity contribution is 9.10. The molecule has 0 aromatic carbocycles. The van der Waals surface area contributed by atoms with Gasteiger partial charge in [-0.15, -0.1) is 0 Å². The molecular weight excluding hydrogens is 316 g/mol. The molecule has 0 saturated heterocycles. The van der Waals surface area contributed by atoms with Crippen molar-refractivity contribution in [3.05, 3.63) is 40.0 Å². The number of rotatable bonds is 4. The Balaban J connectivity index is 2.02. The second-order valence-corrected chi connectivity index (χ2v) is 6.05. The zero-order chi connectivity index (χ0) is 13.9. The van der Waals surface area contributed by atoms with Gasteiger partial charge < -0.3 is 5.32 Å². The van der Waals surface area contributed by atoms with E-state index in [9.17, 15) is 0 Å².